The quantitative estimate of drug-likeness (QED) is 0.561. The number of allylic oxidation sites excluding steroid dienone is 3. The highest BCUT2D eigenvalue weighted by Gasteiger charge is 2.31. The SMILES string of the molecule is C=C(C(=O)/C(=C\C(C)C(=O)Cl)C(C)(C)C)C(C)(C)C. The van der Waals surface area contributed by atoms with Crippen LogP contribution in [0.1, 0.15) is 48.5 Å². The van der Waals surface area contributed by atoms with E-state index in [2.05, 4.69) is 6.58 Å². The van der Waals surface area contributed by atoms with Crippen LogP contribution in [0, 0.1) is 16.7 Å². The first-order valence-electron chi connectivity index (χ1n) is 6.44. The van der Waals surface area contributed by atoms with Crippen molar-refractivity contribution in [1.82, 2.24) is 0 Å². The Hall–Kier alpha value is -0.890. The molecule has 0 saturated carbocycles. The lowest BCUT2D eigenvalue weighted by Gasteiger charge is -2.28. The standard InChI is InChI=1S/C16H25ClO2/c1-10(14(17)19)9-12(16(6,7)8)13(18)11(2)15(3,4)5/h9-10H,2H2,1,3-8H3/b12-9+. The Labute approximate surface area is 121 Å². The van der Waals surface area contributed by atoms with Gasteiger partial charge < -0.3 is 0 Å². The van der Waals surface area contributed by atoms with Crippen LogP contribution >= 0.6 is 11.6 Å². The van der Waals surface area contributed by atoms with Gasteiger partial charge in [0.05, 0.1) is 0 Å². The molecule has 1 atom stereocenters. The topological polar surface area (TPSA) is 34.1 Å². The minimum absolute atomic E-state index is 0.0928. The average Bonchev–Trinajstić information content (AvgIpc) is 2.20. The van der Waals surface area contributed by atoms with Crippen LogP contribution in [0.5, 0.6) is 0 Å². The molecule has 19 heavy (non-hydrogen) atoms. The van der Waals surface area contributed by atoms with Gasteiger partial charge in [-0.2, -0.15) is 0 Å². The smallest absolute Gasteiger partial charge is 0.228 e. The van der Waals surface area contributed by atoms with Gasteiger partial charge in [-0.3, -0.25) is 9.59 Å². The van der Waals surface area contributed by atoms with Crippen molar-refractivity contribution in [3.05, 3.63) is 23.8 Å². The largest absolute Gasteiger partial charge is 0.289 e. The highest BCUT2D eigenvalue weighted by Crippen LogP contribution is 2.34. The summed E-state index contributed by atoms with van der Waals surface area (Å²) >= 11 is 5.48. The molecule has 0 saturated heterocycles. The lowest BCUT2D eigenvalue weighted by Crippen LogP contribution is -2.26. The Bertz CT molecular complexity index is 417. The van der Waals surface area contributed by atoms with Gasteiger partial charge in [0, 0.05) is 11.5 Å². The van der Waals surface area contributed by atoms with Gasteiger partial charge in [0.25, 0.3) is 0 Å². The van der Waals surface area contributed by atoms with Crippen LogP contribution in [0.3, 0.4) is 0 Å². The fraction of sp³-hybridized carbons (Fsp3) is 0.625. The van der Waals surface area contributed by atoms with Gasteiger partial charge in [0.1, 0.15) is 0 Å². The van der Waals surface area contributed by atoms with Gasteiger partial charge in [-0.1, -0.05) is 61.1 Å². The number of carbonyl (C=O) groups excluding carboxylic acids is 2. The molecule has 0 radical (unpaired) electrons. The molecule has 3 heteroatoms. The molecule has 0 aliphatic rings. The van der Waals surface area contributed by atoms with Crippen molar-refractivity contribution < 1.29 is 9.59 Å². The van der Waals surface area contributed by atoms with E-state index in [1.165, 1.54) is 0 Å². The van der Waals surface area contributed by atoms with Crippen LogP contribution in [0.2, 0.25) is 0 Å². The fourth-order valence-electron chi connectivity index (χ4n) is 1.48. The van der Waals surface area contributed by atoms with Gasteiger partial charge in [-0.15, -0.1) is 0 Å². The second-order valence-corrected chi connectivity index (χ2v) is 7.35. The minimum atomic E-state index is -0.479. The van der Waals surface area contributed by atoms with E-state index >= 15 is 0 Å². The number of rotatable bonds is 4. The summed E-state index contributed by atoms with van der Waals surface area (Å²) in [5.74, 6) is -0.572. The summed E-state index contributed by atoms with van der Waals surface area (Å²) in [5.41, 5.74) is 0.485. The zero-order chi connectivity index (χ0) is 15.6. The molecule has 0 spiro atoms. The molecule has 108 valence electrons. The van der Waals surface area contributed by atoms with E-state index in [9.17, 15) is 9.59 Å². The number of halogens is 1. The molecule has 0 amide bonds. The zero-order valence-corrected chi connectivity index (χ0v) is 13.8. The van der Waals surface area contributed by atoms with Gasteiger partial charge in [0.15, 0.2) is 5.78 Å². The van der Waals surface area contributed by atoms with E-state index < -0.39 is 11.2 Å². The second kappa shape index (κ2) is 6.04. The summed E-state index contributed by atoms with van der Waals surface area (Å²) in [7, 11) is 0. The van der Waals surface area contributed by atoms with Crippen LogP contribution in [0.15, 0.2) is 23.8 Å². The maximum Gasteiger partial charge on any atom is 0.228 e. The van der Waals surface area contributed by atoms with Crippen LogP contribution in [0.25, 0.3) is 0 Å². The van der Waals surface area contributed by atoms with Crippen molar-refractivity contribution in [2.75, 3.05) is 0 Å². The predicted octanol–water partition coefficient (Wildman–Crippen LogP) is 4.53. The molecule has 0 N–H and O–H groups in total. The van der Waals surface area contributed by atoms with Gasteiger partial charge >= 0.3 is 0 Å². The van der Waals surface area contributed by atoms with E-state index in [1.807, 2.05) is 41.5 Å². The lowest BCUT2D eigenvalue weighted by molar-refractivity contribution is -0.114. The van der Waals surface area contributed by atoms with E-state index in [0.717, 1.165) is 0 Å². The molecule has 0 heterocycles. The second-order valence-electron chi connectivity index (χ2n) is 6.98. The Balaban J connectivity index is 5.61. The van der Waals surface area contributed by atoms with Crippen molar-refractivity contribution in [2.24, 2.45) is 16.7 Å². The Morgan fingerprint density at radius 1 is 1.05 bits per heavy atom. The summed E-state index contributed by atoms with van der Waals surface area (Å²) in [5, 5.41) is -0.462. The van der Waals surface area contributed by atoms with Crippen LogP contribution in [0.4, 0.5) is 0 Å². The third-order valence-electron chi connectivity index (χ3n) is 3.01. The van der Waals surface area contributed by atoms with Crippen molar-refractivity contribution in [1.29, 1.82) is 0 Å². The predicted molar refractivity (Wildman–Crippen MR) is 81.2 cm³/mol. The molecule has 0 fully saturated rings. The number of carbonyl (C=O) groups is 2. The van der Waals surface area contributed by atoms with Gasteiger partial charge in [-0.25, -0.2) is 0 Å². The van der Waals surface area contributed by atoms with Crippen molar-refractivity contribution in [3.8, 4) is 0 Å². The van der Waals surface area contributed by atoms with Crippen molar-refractivity contribution >= 4 is 22.6 Å². The minimum Gasteiger partial charge on any atom is -0.289 e. The van der Waals surface area contributed by atoms with Gasteiger partial charge in [-0.05, 0) is 28.0 Å². The molecular formula is C16H25ClO2. The summed E-state index contributed by atoms with van der Waals surface area (Å²) in [4.78, 5) is 23.8. The maximum atomic E-state index is 12.6. The Morgan fingerprint density at radius 2 is 1.47 bits per heavy atom. The van der Waals surface area contributed by atoms with E-state index in [0.29, 0.717) is 11.1 Å². The highest BCUT2D eigenvalue weighted by atomic mass is 35.5. The first-order chi connectivity index (χ1) is 8.28. The van der Waals surface area contributed by atoms with E-state index in [-0.39, 0.29) is 16.6 Å². The lowest BCUT2D eigenvalue weighted by atomic mass is 9.75. The Morgan fingerprint density at radius 3 is 1.74 bits per heavy atom. The summed E-state index contributed by atoms with van der Waals surface area (Å²) < 4.78 is 0. The van der Waals surface area contributed by atoms with Crippen molar-refractivity contribution in [2.45, 2.75) is 48.5 Å². The summed E-state index contributed by atoms with van der Waals surface area (Å²) in [6.45, 7) is 17.3. The maximum absolute atomic E-state index is 12.6. The molecule has 1 unspecified atom stereocenters. The monoisotopic (exact) mass is 284 g/mol. The highest BCUT2D eigenvalue weighted by molar-refractivity contribution is 6.64. The molecule has 0 aliphatic carbocycles. The summed E-state index contributed by atoms with van der Waals surface area (Å²) in [6.07, 6.45) is 1.66. The zero-order valence-electron chi connectivity index (χ0n) is 13.1. The van der Waals surface area contributed by atoms with Crippen LogP contribution in [-0.2, 0) is 9.59 Å². The Kier molecular flexibility index (Phi) is 5.76. The first kappa shape index (κ1) is 18.1. The number of Topliss-reactive ketones (excluding diaryl/α,β-unsaturated/α-hetero) is 1. The first-order valence-corrected chi connectivity index (χ1v) is 6.82. The van der Waals surface area contributed by atoms with Crippen LogP contribution < -0.4 is 0 Å². The molecular weight excluding hydrogens is 260 g/mol. The number of ketones is 1. The molecule has 2 nitrogen and oxygen atoms in total. The fourth-order valence-corrected chi connectivity index (χ4v) is 1.55. The molecule has 0 bridgehead atoms. The van der Waals surface area contributed by atoms with E-state index in [1.54, 1.807) is 13.0 Å². The normalized spacial score (nSPS) is 15.1. The third kappa shape index (κ3) is 5.32. The third-order valence-corrected chi connectivity index (χ3v) is 3.35. The molecule has 0 aromatic rings. The molecule has 0 aromatic carbocycles. The summed E-state index contributed by atoms with van der Waals surface area (Å²) in [6, 6.07) is 0. The average molecular weight is 285 g/mol. The molecule has 0 aromatic heterocycles. The number of hydrogen-bond acceptors (Lipinski definition) is 2. The van der Waals surface area contributed by atoms with Crippen LogP contribution in [-0.4, -0.2) is 11.0 Å². The molecule has 0 aliphatic heterocycles. The van der Waals surface area contributed by atoms with Gasteiger partial charge in [0.2, 0.25) is 5.24 Å². The van der Waals surface area contributed by atoms with E-state index in [4.69, 9.17) is 11.6 Å². The number of hydrogen-bond donors (Lipinski definition) is 0. The van der Waals surface area contributed by atoms with Crippen molar-refractivity contribution in [3.63, 3.8) is 0 Å². The molecule has 0 rings (SSSR count).